The first-order chi connectivity index (χ1) is 15.1. The molecule has 1 unspecified atom stereocenters. The van der Waals surface area contributed by atoms with Crippen LogP contribution in [0, 0.1) is 18.7 Å². The van der Waals surface area contributed by atoms with E-state index in [0.29, 0.717) is 44.1 Å². The van der Waals surface area contributed by atoms with Gasteiger partial charge in [-0.15, -0.1) is 0 Å². The molecule has 2 fully saturated rings. The van der Waals surface area contributed by atoms with Gasteiger partial charge in [0.15, 0.2) is 0 Å². The third kappa shape index (κ3) is 3.68. The lowest BCUT2D eigenvalue weighted by atomic mass is 9.96. The Morgan fingerprint density at radius 3 is 2.71 bits per heavy atom. The molecular weight excluding hydrogens is 399 g/mol. The van der Waals surface area contributed by atoms with Crippen molar-refractivity contribution >= 4 is 28.5 Å². The van der Waals surface area contributed by atoms with E-state index >= 15 is 0 Å². The summed E-state index contributed by atoms with van der Waals surface area (Å²) in [6, 6.07) is 6.81. The molecule has 0 radical (unpaired) electrons. The van der Waals surface area contributed by atoms with Gasteiger partial charge in [-0.2, -0.15) is 4.98 Å². The Bertz CT molecular complexity index is 1090. The maximum atomic E-state index is 14.1. The van der Waals surface area contributed by atoms with E-state index in [1.54, 1.807) is 12.1 Å². The molecule has 0 N–H and O–H groups in total. The second-order valence-corrected chi connectivity index (χ2v) is 8.19. The third-order valence-corrected chi connectivity index (χ3v) is 6.28. The summed E-state index contributed by atoms with van der Waals surface area (Å²) >= 11 is 0. The molecule has 0 bridgehead atoms. The van der Waals surface area contributed by atoms with Crippen LogP contribution in [0.1, 0.15) is 18.5 Å². The Kier molecular flexibility index (Phi) is 5.17. The molecule has 4 heterocycles. The number of amides is 1. The zero-order chi connectivity index (χ0) is 21.4. The van der Waals surface area contributed by atoms with Gasteiger partial charge in [-0.05, 0) is 31.9 Å². The van der Waals surface area contributed by atoms with Crippen molar-refractivity contribution in [3.05, 3.63) is 42.1 Å². The first-order valence-electron chi connectivity index (χ1n) is 10.7. The van der Waals surface area contributed by atoms with Crippen molar-refractivity contribution in [1.82, 2.24) is 20.0 Å². The van der Waals surface area contributed by atoms with Crippen LogP contribution in [0.3, 0.4) is 0 Å². The van der Waals surface area contributed by atoms with Crippen molar-refractivity contribution in [2.24, 2.45) is 5.92 Å². The summed E-state index contributed by atoms with van der Waals surface area (Å²) in [5.74, 6) is 0.653. The fourth-order valence-electron chi connectivity index (χ4n) is 4.65. The summed E-state index contributed by atoms with van der Waals surface area (Å²) < 4.78 is 19.4. The summed E-state index contributed by atoms with van der Waals surface area (Å²) in [7, 11) is 0. The highest BCUT2D eigenvalue weighted by molar-refractivity contribution is 5.88. The number of piperidine rings is 1. The molecule has 0 aliphatic carbocycles. The van der Waals surface area contributed by atoms with Gasteiger partial charge in [-0.1, -0.05) is 17.3 Å². The van der Waals surface area contributed by atoms with Gasteiger partial charge in [0.25, 0.3) is 5.71 Å². The van der Waals surface area contributed by atoms with Gasteiger partial charge in [0.2, 0.25) is 5.91 Å². The zero-order valence-corrected chi connectivity index (χ0v) is 17.5. The highest BCUT2D eigenvalue weighted by Crippen LogP contribution is 2.30. The molecule has 3 aromatic rings. The van der Waals surface area contributed by atoms with E-state index in [1.807, 2.05) is 22.8 Å². The van der Waals surface area contributed by atoms with Crippen LogP contribution in [0.15, 0.2) is 35.1 Å². The number of piperazine rings is 1. The van der Waals surface area contributed by atoms with Crippen LogP contribution in [0.5, 0.6) is 0 Å². The minimum Gasteiger partial charge on any atom is -0.366 e. The second-order valence-electron chi connectivity index (χ2n) is 8.19. The van der Waals surface area contributed by atoms with Gasteiger partial charge in [-0.3, -0.25) is 4.79 Å². The Balaban J connectivity index is 1.26. The van der Waals surface area contributed by atoms with E-state index in [4.69, 9.17) is 4.52 Å². The number of anilines is 2. The van der Waals surface area contributed by atoms with Crippen molar-refractivity contribution in [1.29, 1.82) is 0 Å². The lowest BCUT2D eigenvalue weighted by molar-refractivity contribution is -0.136. The van der Waals surface area contributed by atoms with Crippen LogP contribution < -0.4 is 9.80 Å². The molecule has 1 atom stereocenters. The fraction of sp³-hybridized carbons (Fsp3) is 0.455. The minimum atomic E-state index is -0.217. The Hall–Kier alpha value is -3.23. The number of hydrogen-bond donors (Lipinski definition) is 0. The lowest BCUT2D eigenvalue weighted by Crippen LogP contribution is -2.52. The monoisotopic (exact) mass is 424 g/mol. The number of carbonyl (C=O) groups is 1. The molecule has 31 heavy (non-hydrogen) atoms. The maximum absolute atomic E-state index is 14.1. The zero-order valence-electron chi connectivity index (χ0n) is 17.5. The number of nitrogens with zero attached hydrogens (tertiary/aromatic N) is 6. The molecule has 0 spiro atoms. The van der Waals surface area contributed by atoms with Gasteiger partial charge in [0, 0.05) is 39.3 Å². The van der Waals surface area contributed by atoms with Crippen molar-refractivity contribution in [2.45, 2.75) is 19.8 Å². The van der Waals surface area contributed by atoms with Gasteiger partial charge < -0.3 is 19.2 Å². The number of aromatic nitrogens is 3. The van der Waals surface area contributed by atoms with Crippen molar-refractivity contribution in [3.8, 4) is 0 Å². The van der Waals surface area contributed by atoms with Crippen LogP contribution in [-0.4, -0.2) is 65.2 Å². The Morgan fingerprint density at radius 2 is 1.90 bits per heavy atom. The largest absolute Gasteiger partial charge is 0.366 e. The molecule has 5 rings (SSSR count). The summed E-state index contributed by atoms with van der Waals surface area (Å²) in [6.07, 6.45) is 3.26. The van der Waals surface area contributed by atoms with Crippen molar-refractivity contribution in [2.75, 3.05) is 49.1 Å². The highest BCUT2D eigenvalue weighted by Gasteiger charge is 2.32. The maximum Gasteiger partial charge on any atom is 0.263 e. The molecule has 1 aromatic carbocycles. The van der Waals surface area contributed by atoms with E-state index < -0.39 is 0 Å². The molecule has 8 nitrogen and oxygen atoms in total. The Morgan fingerprint density at radius 1 is 1.10 bits per heavy atom. The quantitative estimate of drug-likeness (QED) is 0.640. The average Bonchev–Trinajstić information content (AvgIpc) is 3.20. The van der Waals surface area contributed by atoms with Gasteiger partial charge in [0.1, 0.15) is 23.3 Å². The molecule has 0 saturated carbocycles. The Labute approximate surface area is 179 Å². The second kappa shape index (κ2) is 8.13. The van der Waals surface area contributed by atoms with Crippen LogP contribution in [0.2, 0.25) is 0 Å². The molecule has 1 amide bonds. The molecular formula is C22H25FN6O2. The number of para-hydroxylation sites is 1. The van der Waals surface area contributed by atoms with Crippen molar-refractivity contribution in [3.63, 3.8) is 0 Å². The average molecular weight is 424 g/mol. The van der Waals surface area contributed by atoms with Crippen LogP contribution >= 0.6 is 0 Å². The molecule has 2 aromatic heterocycles. The van der Waals surface area contributed by atoms with E-state index in [1.165, 1.54) is 12.4 Å². The number of benzene rings is 1. The van der Waals surface area contributed by atoms with Gasteiger partial charge >= 0.3 is 0 Å². The molecule has 2 aliphatic heterocycles. The lowest BCUT2D eigenvalue weighted by Gasteiger charge is -2.40. The highest BCUT2D eigenvalue weighted by atomic mass is 19.1. The summed E-state index contributed by atoms with van der Waals surface area (Å²) in [6.45, 7) is 5.80. The first-order valence-corrected chi connectivity index (χ1v) is 10.7. The van der Waals surface area contributed by atoms with Gasteiger partial charge in [0.05, 0.1) is 17.3 Å². The molecule has 2 saturated heterocycles. The summed E-state index contributed by atoms with van der Waals surface area (Å²) in [5, 5.41) is 4.82. The summed E-state index contributed by atoms with van der Waals surface area (Å²) in [5.41, 5.74) is 1.83. The fourth-order valence-corrected chi connectivity index (χ4v) is 4.65. The smallest absolute Gasteiger partial charge is 0.263 e. The van der Waals surface area contributed by atoms with E-state index in [0.717, 1.165) is 36.3 Å². The summed E-state index contributed by atoms with van der Waals surface area (Å²) in [4.78, 5) is 28.0. The molecule has 2 aliphatic rings. The predicted molar refractivity (Wildman–Crippen MR) is 114 cm³/mol. The number of halogens is 1. The van der Waals surface area contributed by atoms with Crippen LogP contribution in [0.25, 0.3) is 11.1 Å². The van der Waals surface area contributed by atoms with E-state index in [9.17, 15) is 9.18 Å². The molecule has 162 valence electrons. The number of aryl methyl sites for hydroxylation is 1. The molecule has 9 heteroatoms. The number of fused-ring (bicyclic) bond motifs is 1. The number of carbonyl (C=O) groups excluding carboxylic acids is 1. The van der Waals surface area contributed by atoms with E-state index in [2.05, 4.69) is 20.0 Å². The topological polar surface area (TPSA) is 78.6 Å². The predicted octanol–water partition coefficient (Wildman–Crippen LogP) is 2.63. The first kappa shape index (κ1) is 19.7. The van der Waals surface area contributed by atoms with Crippen molar-refractivity contribution < 1.29 is 13.7 Å². The minimum absolute atomic E-state index is 0.0843. The van der Waals surface area contributed by atoms with Gasteiger partial charge in [-0.25, -0.2) is 9.37 Å². The SMILES string of the molecule is Cc1noc2ncnc(N3CCCC(C(=O)N4CCN(c5ccccc5F)CC4)C3)c12. The number of hydrogen-bond acceptors (Lipinski definition) is 7. The third-order valence-electron chi connectivity index (χ3n) is 6.28. The standard InChI is InChI=1S/C22H25FN6O2/c1-15-19-20(24-14-25-21(19)31-26-15)29-8-4-5-16(13-29)22(30)28-11-9-27(10-12-28)18-7-3-2-6-17(18)23/h2-3,6-7,14,16H,4-5,8-13H2,1H3. The van der Waals surface area contributed by atoms with Crippen LogP contribution in [0.4, 0.5) is 15.9 Å². The van der Waals surface area contributed by atoms with Crippen LogP contribution in [-0.2, 0) is 4.79 Å². The normalized spacial score (nSPS) is 19.8. The number of rotatable bonds is 3. The van der Waals surface area contributed by atoms with E-state index in [-0.39, 0.29) is 17.6 Å².